The highest BCUT2D eigenvalue weighted by atomic mass is 19.4. The summed E-state index contributed by atoms with van der Waals surface area (Å²) in [5.74, 6) is 0.166. The molecular weight excluding hydrogens is 247 g/mol. The molecule has 0 aliphatic carbocycles. The maximum absolute atomic E-state index is 11.8. The molecule has 0 amide bonds. The average molecular weight is 269 g/mol. The lowest BCUT2D eigenvalue weighted by molar-refractivity contribution is -0.135. The monoisotopic (exact) mass is 269 g/mol. The molecule has 0 unspecified atom stereocenters. The van der Waals surface area contributed by atoms with Crippen molar-refractivity contribution >= 4 is 5.84 Å². The van der Waals surface area contributed by atoms with Crippen LogP contribution in [0.2, 0.25) is 0 Å². The molecule has 0 fully saturated rings. The summed E-state index contributed by atoms with van der Waals surface area (Å²) in [6.45, 7) is 4.68. The van der Waals surface area contributed by atoms with Gasteiger partial charge in [0.2, 0.25) is 0 Å². The lowest BCUT2D eigenvalue weighted by Crippen LogP contribution is -2.32. The highest BCUT2D eigenvalue weighted by Crippen LogP contribution is 2.22. The van der Waals surface area contributed by atoms with Crippen molar-refractivity contribution in [2.75, 3.05) is 13.1 Å². The van der Waals surface area contributed by atoms with Crippen LogP contribution < -0.4 is 11.1 Å². The Morgan fingerprint density at radius 3 is 2.11 bits per heavy atom. The van der Waals surface area contributed by atoms with Crippen molar-refractivity contribution in [2.45, 2.75) is 45.7 Å². The normalized spacial score (nSPS) is 13.9. The molecule has 0 atom stereocenters. The fourth-order valence-corrected chi connectivity index (χ4v) is 1.46. The van der Waals surface area contributed by atoms with Gasteiger partial charge in [-0.05, 0) is 32.4 Å². The summed E-state index contributed by atoms with van der Waals surface area (Å²) in [6, 6.07) is 0. The molecule has 0 heterocycles. The number of nitrogens with one attached hydrogen (secondary N) is 1. The Morgan fingerprint density at radius 2 is 1.67 bits per heavy atom. The Bertz CT molecular complexity index is 265. The van der Waals surface area contributed by atoms with Gasteiger partial charge in [-0.2, -0.15) is 13.2 Å². The van der Waals surface area contributed by atoms with Gasteiger partial charge in [-0.25, -0.2) is 0 Å². The van der Waals surface area contributed by atoms with Crippen molar-refractivity contribution in [2.24, 2.45) is 16.3 Å². The molecule has 0 radical (unpaired) electrons. The van der Waals surface area contributed by atoms with Gasteiger partial charge in [-0.15, -0.1) is 0 Å². The predicted molar refractivity (Wildman–Crippen MR) is 64.6 cm³/mol. The van der Waals surface area contributed by atoms with E-state index >= 15 is 0 Å². The molecule has 4 N–H and O–H groups in total. The minimum atomic E-state index is -4.07. The molecule has 0 saturated carbocycles. The zero-order valence-corrected chi connectivity index (χ0v) is 10.8. The molecular formula is C11H22F3N3O. The van der Waals surface area contributed by atoms with Gasteiger partial charge in [-0.1, -0.05) is 19.0 Å². The van der Waals surface area contributed by atoms with Gasteiger partial charge in [0.15, 0.2) is 0 Å². The Morgan fingerprint density at radius 1 is 1.17 bits per heavy atom. The van der Waals surface area contributed by atoms with E-state index in [-0.39, 0.29) is 12.3 Å². The molecule has 18 heavy (non-hydrogen) atoms. The van der Waals surface area contributed by atoms with E-state index in [0.717, 1.165) is 6.42 Å². The maximum Gasteiger partial charge on any atom is 0.389 e. The van der Waals surface area contributed by atoms with Gasteiger partial charge in [0, 0.05) is 11.8 Å². The standard InChI is InChI=1S/C11H22F3N3O/c1-10(2,9(15)17-18)5-3-7-16-8-4-6-11(12,13)14/h16,18H,3-8H2,1-2H3,(H2,15,17). The molecule has 0 aromatic heterocycles. The zero-order valence-electron chi connectivity index (χ0n) is 10.8. The minimum absolute atomic E-state index is 0.0904. The van der Waals surface area contributed by atoms with E-state index in [9.17, 15) is 13.2 Å². The number of hydrogen-bond acceptors (Lipinski definition) is 3. The van der Waals surface area contributed by atoms with Crippen LogP contribution in [0.4, 0.5) is 13.2 Å². The average Bonchev–Trinajstić information content (AvgIpc) is 2.25. The van der Waals surface area contributed by atoms with Gasteiger partial charge in [0.05, 0.1) is 0 Å². The second kappa shape index (κ2) is 7.45. The topological polar surface area (TPSA) is 70.6 Å². The third-order valence-corrected chi connectivity index (χ3v) is 2.77. The number of rotatable bonds is 8. The van der Waals surface area contributed by atoms with Crippen molar-refractivity contribution in [3.05, 3.63) is 0 Å². The van der Waals surface area contributed by atoms with Crippen molar-refractivity contribution in [1.29, 1.82) is 0 Å². The third kappa shape index (κ3) is 8.16. The summed E-state index contributed by atoms with van der Waals surface area (Å²) in [6.07, 6.45) is -3.27. The van der Waals surface area contributed by atoms with Crippen LogP contribution in [0.1, 0.15) is 39.5 Å². The van der Waals surface area contributed by atoms with Gasteiger partial charge in [0.25, 0.3) is 0 Å². The molecule has 0 spiro atoms. The van der Waals surface area contributed by atoms with Crippen molar-refractivity contribution in [3.8, 4) is 0 Å². The Balaban J connectivity index is 3.58. The van der Waals surface area contributed by atoms with E-state index in [0.29, 0.717) is 19.5 Å². The molecule has 4 nitrogen and oxygen atoms in total. The first kappa shape index (κ1) is 17.0. The Labute approximate surface area is 105 Å². The minimum Gasteiger partial charge on any atom is -0.409 e. The first-order valence-electron chi connectivity index (χ1n) is 5.94. The van der Waals surface area contributed by atoms with Crippen LogP contribution in [-0.2, 0) is 0 Å². The first-order valence-corrected chi connectivity index (χ1v) is 5.94. The van der Waals surface area contributed by atoms with Crippen LogP contribution in [0.15, 0.2) is 5.16 Å². The highest BCUT2D eigenvalue weighted by Gasteiger charge is 2.26. The van der Waals surface area contributed by atoms with E-state index in [1.807, 2.05) is 13.8 Å². The summed E-state index contributed by atoms with van der Waals surface area (Å²) >= 11 is 0. The zero-order chi connectivity index (χ0) is 14.2. The van der Waals surface area contributed by atoms with Crippen LogP contribution in [0.25, 0.3) is 0 Å². The fourth-order valence-electron chi connectivity index (χ4n) is 1.46. The van der Waals surface area contributed by atoms with Gasteiger partial charge < -0.3 is 16.3 Å². The lowest BCUT2D eigenvalue weighted by Gasteiger charge is -2.22. The van der Waals surface area contributed by atoms with Crippen LogP contribution in [0.3, 0.4) is 0 Å². The van der Waals surface area contributed by atoms with Crippen LogP contribution in [0, 0.1) is 5.41 Å². The number of amidine groups is 1. The molecule has 108 valence electrons. The summed E-state index contributed by atoms with van der Waals surface area (Å²) in [4.78, 5) is 0. The van der Waals surface area contributed by atoms with E-state index in [2.05, 4.69) is 10.5 Å². The SMILES string of the molecule is CC(C)(CCCNCCCC(F)(F)F)C(N)=NO. The van der Waals surface area contributed by atoms with Crippen LogP contribution >= 0.6 is 0 Å². The first-order chi connectivity index (χ1) is 8.19. The molecule has 0 aliphatic heterocycles. The number of oxime groups is 1. The molecule has 0 saturated heterocycles. The van der Waals surface area contributed by atoms with E-state index in [1.165, 1.54) is 0 Å². The summed E-state index contributed by atoms with van der Waals surface area (Å²) in [7, 11) is 0. The molecule has 0 aliphatic rings. The van der Waals surface area contributed by atoms with Gasteiger partial charge in [0.1, 0.15) is 5.84 Å². The third-order valence-electron chi connectivity index (χ3n) is 2.77. The molecule has 0 aromatic carbocycles. The van der Waals surface area contributed by atoms with Crippen LogP contribution in [0.5, 0.6) is 0 Å². The van der Waals surface area contributed by atoms with Crippen molar-refractivity contribution in [3.63, 3.8) is 0 Å². The highest BCUT2D eigenvalue weighted by molar-refractivity contribution is 5.85. The summed E-state index contributed by atoms with van der Waals surface area (Å²) in [5.41, 5.74) is 5.12. The number of nitrogens with two attached hydrogens (primary N) is 1. The molecule has 7 heteroatoms. The largest absolute Gasteiger partial charge is 0.409 e. The van der Waals surface area contributed by atoms with E-state index < -0.39 is 18.0 Å². The smallest absolute Gasteiger partial charge is 0.389 e. The van der Waals surface area contributed by atoms with Crippen LogP contribution in [-0.4, -0.2) is 30.3 Å². The van der Waals surface area contributed by atoms with Crippen molar-refractivity contribution < 1.29 is 18.4 Å². The summed E-state index contributed by atoms with van der Waals surface area (Å²) in [5, 5.41) is 14.5. The Kier molecular flexibility index (Phi) is 7.05. The number of halogens is 3. The molecule has 0 bridgehead atoms. The second-order valence-electron chi connectivity index (χ2n) is 4.94. The van der Waals surface area contributed by atoms with Gasteiger partial charge >= 0.3 is 6.18 Å². The molecule has 0 rings (SSSR count). The summed E-state index contributed by atoms with van der Waals surface area (Å²) < 4.78 is 35.5. The van der Waals surface area contributed by atoms with E-state index in [1.54, 1.807) is 0 Å². The quantitative estimate of drug-likeness (QED) is 0.208. The maximum atomic E-state index is 11.8. The molecule has 0 aromatic rings. The predicted octanol–water partition coefficient (Wildman–Crippen LogP) is 2.47. The van der Waals surface area contributed by atoms with Gasteiger partial charge in [-0.3, -0.25) is 0 Å². The number of nitrogens with zero attached hydrogens (tertiary/aromatic N) is 1. The second-order valence-corrected chi connectivity index (χ2v) is 4.94. The number of hydrogen-bond donors (Lipinski definition) is 3. The number of alkyl halides is 3. The van der Waals surface area contributed by atoms with Crippen molar-refractivity contribution in [1.82, 2.24) is 5.32 Å². The Hall–Kier alpha value is -0.980. The fraction of sp³-hybridized carbons (Fsp3) is 0.909. The lowest BCUT2D eigenvalue weighted by atomic mass is 9.86. The van der Waals surface area contributed by atoms with E-state index in [4.69, 9.17) is 10.9 Å².